The highest BCUT2D eigenvalue weighted by atomic mass is 16.8. The molecule has 0 amide bonds. The van der Waals surface area contributed by atoms with Gasteiger partial charge in [0.25, 0.3) is 0 Å². The van der Waals surface area contributed by atoms with E-state index in [0.29, 0.717) is 64.2 Å². The van der Waals surface area contributed by atoms with Gasteiger partial charge in [0.15, 0.2) is 37.7 Å². The first-order valence-electron chi connectivity index (χ1n) is 37.9. The summed E-state index contributed by atoms with van der Waals surface area (Å²) in [7, 11) is 0. The number of aliphatic hydroxyl groups is 19. The largest absolute Gasteiger partial charge is 0.463 e. The van der Waals surface area contributed by atoms with E-state index in [4.69, 9.17) is 71.1 Å². The van der Waals surface area contributed by atoms with Crippen molar-refractivity contribution < 1.29 is 178 Å². The van der Waals surface area contributed by atoms with Crippen LogP contribution in [0.3, 0.4) is 0 Å². The topological polar surface area (TPSA) is 557 Å². The third-order valence-electron chi connectivity index (χ3n) is 27.3. The number of esters is 2. The number of carbonyl (C=O) groups excluding carboxylic acids is 2. The number of fused-ring (bicyclic) bond motifs is 7. The molecule has 0 aromatic carbocycles. The van der Waals surface area contributed by atoms with E-state index in [9.17, 15) is 102 Å². The van der Waals surface area contributed by atoms with Gasteiger partial charge in [-0.05, 0) is 117 Å². The molecule has 7 heterocycles. The molecule has 11 fully saturated rings. The van der Waals surface area contributed by atoms with Crippen LogP contribution in [0.4, 0.5) is 0 Å². The highest BCUT2D eigenvalue weighted by Gasteiger charge is 2.71. The minimum absolute atomic E-state index is 0.0235. The van der Waals surface area contributed by atoms with Crippen molar-refractivity contribution in [2.75, 3.05) is 39.6 Å². The highest BCUT2D eigenvalue weighted by Crippen LogP contribution is 2.76. The molecule has 0 radical (unpaired) electrons. The van der Waals surface area contributed by atoms with Gasteiger partial charge in [0.1, 0.15) is 153 Å². The molecule has 0 aromatic heterocycles. The van der Waals surface area contributed by atoms with Gasteiger partial charge in [0, 0.05) is 12.3 Å². The number of carbonyl (C=O) groups is 2. The second-order valence-corrected chi connectivity index (χ2v) is 34.3. The predicted molar refractivity (Wildman–Crippen MR) is 357 cm³/mol. The lowest BCUT2D eigenvalue weighted by Gasteiger charge is -2.71. The minimum Gasteiger partial charge on any atom is -0.463 e. The lowest BCUT2D eigenvalue weighted by Crippen LogP contribution is -2.67. The number of hydrogen-bond acceptors (Lipinski definition) is 36. The summed E-state index contributed by atoms with van der Waals surface area (Å²) in [5.74, 6) is -1.94. The highest BCUT2D eigenvalue weighted by molar-refractivity contribution is 5.79. The Balaban J connectivity index is 0.731. The Bertz CT molecular complexity index is 3100. The second kappa shape index (κ2) is 32.5. The fraction of sp³-hybridized carbons (Fsp3) is 0.944. The van der Waals surface area contributed by atoms with E-state index in [1.807, 2.05) is 6.92 Å². The Hall–Kier alpha value is -2.60. The summed E-state index contributed by atoms with van der Waals surface area (Å²) in [6, 6.07) is 0. The van der Waals surface area contributed by atoms with Crippen molar-refractivity contribution >= 4 is 11.9 Å². The van der Waals surface area contributed by atoms with E-state index in [1.165, 1.54) is 13.8 Å². The van der Waals surface area contributed by atoms with E-state index in [-0.39, 0.29) is 29.8 Å². The van der Waals surface area contributed by atoms with Gasteiger partial charge in [-0.1, -0.05) is 53.2 Å². The maximum Gasteiger partial charge on any atom is 0.315 e. The Morgan fingerprint density at radius 2 is 1.09 bits per heavy atom. The molecular weight excluding hydrogens is 1440 g/mol. The quantitative estimate of drug-likeness (QED) is 0.0326. The summed E-state index contributed by atoms with van der Waals surface area (Å²) >= 11 is 0. The van der Waals surface area contributed by atoms with Crippen LogP contribution in [-0.4, -0.2) is 357 Å². The standard InChI is InChI=1S/C72H116O36/c1-27-40(77)48(85)58(105-55-36(25-94-29(3)75)103-60(53(90)49(55)86)96-23-34-44(81)46(83)50(87)59(92)100-34)65(99-27)108-66(93)72-18-16-67(4,5)20-31(72)30-10-11-38-68(6)14-13-39(69(7,26-74)37(68)12-15-71(38,9)70(30,8)17-19-72)104-64-57(42(79)32(76)22-95-64)107-63-54(91)56(41(78)28(2)98-63)106-61-51(88)45(82)35(24-97-61)102-62-52(89)47(84)43(80)33(21-73)101-62/h10,27-28,31-65,73-74,76-92H,11-26H2,1-9H3. The number of hydrogen-bond donors (Lipinski definition) is 19. The molecule has 12 rings (SSSR count). The number of rotatable bonds is 19. The maximum atomic E-state index is 15.7. The fourth-order valence-corrected chi connectivity index (χ4v) is 20.4. The summed E-state index contributed by atoms with van der Waals surface area (Å²) in [6.07, 6.45) is -48.7. The molecule has 7 aliphatic heterocycles. The Labute approximate surface area is 624 Å². The van der Waals surface area contributed by atoms with Gasteiger partial charge in [-0.15, -0.1) is 0 Å². The van der Waals surface area contributed by atoms with E-state index < -0.39 is 281 Å². The van der Waals surface area contributed by atoms with E-state index in [1.54, 1.807) is 0 Å². The SMILES string of the molecule is CC(=O)OCC1OC(OCC2OC(O)C(O)C(O)C2O)C(O)C(O)C1OC1C(OC(=O)C23CCC(C)(C)CC2C2=CCC4C5(C)CCC(OC6OCC(O)C(O)C6OC6OC(C)C(O)C(OC7OCC(OC8OC(CO)C(O)C(O)C8O)C(O)C7O)C6O)C(C)(CO)C5CCC4(C)C2(C)CC3)OC(C)C(O)C1O. The summed E-state index contributed by atoms with van der Waals surface area (Å²) in [6.45, 7) is 13.9. The van der Waals surface area contributed by atoms with Crippen LogP contribution in [0.5, 0.6) is 0 Å². The average molecular weight is 1560 g/mol. The zero-order valence-corrected chi connectivity index (χ0v) is 62.2. The minimum atomic E-state index is -1.99. The molecule has 42 atom stereocenters. The van der Waals surface area contributed by atoms with Gasteiger partial charge in [0.2, 0.25) is 6.29 Å². The number of ether oxygens (including phenoxy) is 15. The van der Waals surface area contributed by atoms with Gasteiger partial charge < -0.3 is 168 Å². The third-order valence-corrected chi connectivity index (χ3v) is 27.3. The van der Waals surface area contributed by atoms with Gasteiger partial charge in [-0.2, -0.15) is 0 Å². The van der Waals surface area contributed by atoms with Crippen LogP contribution in [0.2, 0.25) is 0 Å². The van der Waals surface area contributed by atoms with E-state index in [2.05, 4.69) is 40.7 Å². The zero-order chi connectivity index (χ0) is 78.7. The van der Waals surface area contributed by atoms with Crippen LogP contribution < -0.4 is 0 Å². The maximum absolute atomic E-state index is 15.7. The van der Waals surface area contributed by atoms with Crippen LogP contribution in [0.25, 0.3) is 0 Å². The molecule has 108 heavy (non-hydrogen) atoms. The van der Waals surface area contributed by atoms with Crippen LogP contribution >= 0.6 is 0 Å². The van der Waals surface area contributed by atoms with E-state index in [0.717, 1.165) is 12.5 Å². The molecule has 0 bridgehead atoms. The normalized spacial score (nSPS) is 53.9. The molecule has 36 nitrogen and oxygen atoms in total. The average Bonchev–Trinajstić information content (AvgIpc) is 0.674. The van der Waals surface area contributed by atoms with Crippen molar-refractivity contribution in [1.29, 1.82) is 0 Å². The summed E-state index contributed by atoms with van der Waals surface area (Å²) in [4.78, 5) is 28.0. The van der Waals surface area contributed by atoms with Crippen LogP contribution in [0.15, 0.2) is 11.6 Å². The van der Waals surface area contributed by atoms with Crippen molar-refractivity contribution in [1.82, 2.24) is 0 Å². The van der Waals surface area contributed by atoms with Gasteiger partial charge in [0.05, 0.1) is 56.8 Å². The number of allylic oxidation sites excluding steroid dienone is 2. The predicted octanol–water partition coefficient (Wildman–Crippen LogP) is -5.69. The van der Waals surface area contributed by atoms with Gasteiger partial charge >= 0.3 is 11.9 Å². The van der Waals surface area contributed by atoms with Gasteiger partial charge in [-0.3, -0.25) is 9.59 Å². The molecule has 36 heteroatoms. The summed E-state index contributed by atoms with van der Waals surface area (Å²) in [5.41, 5.74) is -2.56. The Morgan fingerprint density at radius 1 is 0.491 bits per heavy atom. The molecule has 7 saturated heterocycles. The first kappa shape index (κ1) is 84.8. The van der Waals surface area contributed by atoms with Crippen molar-refractivity contribution in [2.45, 2.75) is 335 Å². The molecular formula is C72H116O36. The van der Waals surface area contributed by atoms with Crippen LogP contribution in [-0.2, 0) is 80.6 Å². The monoisotopic (exact) mass is 1560 g/mol. The zero-order valence-electron chi connectivity index (χ0n) is 62.2. The Kier molecular flexibility index (Phi) is 25.5. The van der Waals surface area contributed by atoms with Crippen molar-refractivity contribution in [3.8, 4) is 0 Å². The number of aliphatic hydroxyl groups excluding tert-OH is 19. The third kappa shape index (κ3) is 15.2. The van der Waals surface area contributed by atoms with Crippen molar-refractivity contribution in [2.24, 2.45) is 50.2 Å². The molecule has 4 saturated carbocycles. The molecule has 12 aliphatic rings. The first-order valence-corrected chi connectivity index (χ1v) is 37.9. The Morgan fingerprint density at radius 3 is 1.79 bits per heavy atom. The molecule has 0 spiro atoms. The molecule has 42 unspecified atom stereocenters. The second-order valence-electron chi connectivity index (χ2n) is 34.3. The summed E-state index contributed by atoms with van der Waals surface area (Å²) in [5, 5.41) is 208. The van der Waals surface area contributed by atoms with Crippen molar-refractivity contribution in [3.05, 3.63) is 11.6 Å². The fourth-order valence-electron chi connectivity index (χ4n) is 20.4. The van der Waals surface area contributed by atoms with E-state index >= 15 is 4.79 Å². The molecule has 0 aromatic rings. The van der Waals surface area contributed by atoms with Crippen LogP contribution in [0.1, 0.15) is 127 Å². The van der Waals surface area contributed by atoms with Gasteiger partial charge in [-0.25, -0.2) is 0 Å². The van der Waals surface area contributed by atoms with Crippen LogP contribution in [0, 0.1) is 50.2 Å². The molecule has 5 aliphatic carbocycles. The molecule has 19 N–H and O–H groups in total. The lowest BCUT2D eigenvalue weighted by molar-refractivity contribution is -0.383. The lowest BCUT2D eigenvalue weighted by atomic mass is 9.33. The smallest absolute Gasteiger partial charge is 0.315 e. The van der Waals surface area contributed by atoms with Crippen molar-refractivity contribution in [3.63, 3.8) is 0 Å². The molecule has 620 valence electrons. The first-order chi connectivity index (χ1) is 50.7. The summed E-state index contributed by atoms with van der Waals surface area (Å²) < 4.78 is 89.2.